The van der Waals surface area contributed by atoms with E-state index in [4.69, 9.17) is 9.47 Å². The van der Waals surface area contributed by atoms with Crippen LogP contribution in [0.5, 0.6) is 0 Å². The Morgan fingerprint density at radius 2 is 1.56 bits per heavy atom. The fourth-order valence-electron chi connectivity index (χ4n) is 9.37. The molecule has 3 aromatic carbocycles. The molecule has 5 fully saturated rings. The number of ether oxygens (including phenoxy) is 2. The Morgan fingerprint density at radius 1 is 0.840 bits per heavy atom. The average molecular weight is 690 g/mol. The van der Waals surface area contributed by atoms with Crippen molar-refractivity contribution in [2.75, 3.05) is 5.75 Å². The summed E-state index contributed by atoms with van der Waals surface area (Å²) in [7, 11) is 0. The molecule has 3 N–H and O–H groups in total. The van der Waals surface area contributed by atoms with Gasteiger partial charge in [-0.1, -0.05) is 73.7 Å². The SMILES string of the molecule is C[C@@H]1[C@H](CSc2ccccn2)O[C@H](c2cccc(-c3cccc(CNC(=O)NC45CC6CC(CC(C6)C4)C5)c3)c2)O[C@@H]1c1ccc(CO)cc1. The summed E-state index contributed by atoms with van der Waals surface area (Å²) < 4.78 is 13.5. The molecule has 4 bridgehead atoms. The maximum absolute atomic E-state index is 13.1. The molecule has 1 aromatic heterocycles. The Kier molecular flexibility index (Phi) is 9.71. The van der Waals surface area contributed by atoms with E-state index in [1.807, 2.05) is 36.5 Å². The zero-order valence-electron chi connectivity index (χ0n) is 28.7. The first-order valence-electron chi connectivity index (χ1n) is 18.2. The molecule has 1 saturated heterocycles. The Labute approximate surface area is 299 Å². The molecule has 2 heterocycles. The first kappa shape index (κ1) is 33.5. The highest BCUT2D eigenvalue weighted by molar-refractivity contribution is 7.99. The van der Waals surface area contributed by atoms with Crippen LogP contribution >= 0.6 is 11.8 Å². The molecule has 2 amide bonds. The number of urea groups is 1. The number of hydrogen-bond acceptors (Lipinski definition) is 6. The van der Waals surface area contributed by atoms with E-state index in [9.17, 15) is 9.90 Å². The van der Waals surface area contributed by atoms with Gasteiger partial charge in [0.05, 0.1) is 23.8 Å². The van der Waals surface area contributed by atoms with Crippen LogP contribution < -0.4 is 10.6 Å². The molecule has 4 atom stereocenters. The fraction of sp³-hybridized carbons (Fsp3) is 0.429. The van der Waals surface area contributed by atoms with Gasteiger partial charge in [0.15, 0.2) is 6.29 Å². The van der Waals surface area contributed by atoms with Crippen LogP contribution in [-0.2, 0) is 22.6 Å². The van der Waals surface area contributed by atoms with Gasteiger partial charge in [0, 0.05) is 35.5 Å². The van der Waals surface area contributed by atoms with Crippen molar-refractivity contribution in [2.24, 2.45) is 23.7 Å². The van der Waals surface area contributed by atoms with E-state index in [-0.39, 0.29) is 36.3 Å². The Morgan fingerprint density at radius 3 is 2.26 bits per heavy atom. The van der Waals surface area contributed by atoms with Gasteiger partial charge >= 0.3 is 6.03 Å². The minimum Gasteiger partial charge on any atom is -0.392 e. The lowest BCUT2D eigenvalue weighted by atomic mass is 9.53. The Balaban J connectivity index is 0.966. The van der Waals surface area contributed by atoms with Crippen molar-refractivity contribution in [3.05, 3.63) is 119 Å². The van der Waals surface area contributed by atoms with Crippen LogP contribution in [-0.4, -0.2) is 33.5 Å². The van der Waals surface area contributed by atoms with Gasteiger partial charge in [-0.15, -0.1) is 11.8 Å². The van der Waals surface area contributed by atoms with Crippen molar-refractivity contribution in [3.8, 4) is 11.1 Å². The largest absolute Gasteiger partial charge is 0.392 e. The van der Waals surface area contributed by atoms with Crippen LogP contribution in [0.25, 0.3) is 11.1 Å². The second-order valence-corrected chi connectivity index (χ2v) is 16.2. The van der Waals surface area contributed by atoms with Crippen LogP contribution in [0.4, 0.5) is 4.79 Å². The molecule has 7 nitrogen and oxygen atoms in total. The van der Waals surface area contributed by atoms with Gasteiger partial charge in [-0.2, -0.15) is 0 Å². The molecule has 0 spiro atoms. The van der Waals surface area contributed by atoms with E-state index in [1.54, 1.807) is 11.8 Å². The molecule has 8 heteroatoms. The second kappa shape index (κ2) is 14.5. The molecule has 0 unspecified atom stereocenters. The summed E-state index contributed by atoms with van der Waals surface area (Å²) in [4.78, 5) is 17.7. The lowest BCUT2D eigenvalue weighted by molar-refractivity contribution is -0.268. The molecular formula is C42H47N3O4S. The minimum atomic E-state index is -0.555. The minimum absolute atomic E-state index is 0.000193. The molecule has 1 aliphatic heterocycles. The van der Waals surface area contributed by atoms with Gasteiger partial charge in [0.2, 0.25) is 0 Å². The average Bonchev–Trinajstić information content (AvgIpc) is 3.13. The number of thioether (sulfide) groups is 1. The molecule has 4 aliphatic carbocycles. The van der Waals surface area contributed by atoms with Gasteiger partial charge in [0.25, 0.3) is 0 Å². The van der Waals surface area contributed by atoms with Gasteiger partial charge < -0.3 is 25.2 Å². The van der Waals surface area contributed by atoms with E-state index >= 15 is 0 Å². The first-order valence-corrected chi connectivity index (χ1v) is 19.2. The van der Waals surface area contributed by atoms with Crippen molar-refractivity contribution in [1.29, 1.82) is 0 Å². The quantitative estimate of drug-likeness (QED) is 0.145. The second-order valence-electron chi connectivity index (χ2n) is 15.1. The monoisotopic (exact) mass is 689 g/mol. The number of amides is 2. The van der Waals surface area contributed by atoms with Crippen molar-refractivity contribution < 1.29 is 19.4 Å². The van der Waals surface area contributed by atoms with Crippen molar-refractivity contribution >= 4 is 17.8 Å². The smallest absolute Gasteiger partial charge is 0.315 e. The fourth-order valence-corrected chi connectivity index (χ4v) is 10.4. The Bertz CT molecular complexity index is 1750. The summed E-state index contributed by atoms with van der Waals surface area (Å²) in [5, 5.41) is 17.2. The summed E-state index contributed by atoms with van der Waals surface area (Å²) in [5.74, 6) is 3.22. The third kappa shape index (κ3) is 7.35. The highest BCUT2D eigenvalue weighted by Gasteiger charge is 2.51. The van der Waals surface area contributed by atoms with Crippen molar-refractivity contribution in [2.45, 2.75) is 87.7 Å². The highest BCUT2D eigenvalue weighted by Crippen LogP contribution is 2.55. The number of hydrogen-bond donors (Lipinski definition) is 3. The summed E-state index contributed by atoms with van der Waals surface area (Å²) in [6.07, 6.45) is 8.52. The lowest BCUT2D eigenvalue weighted by Gasteiger charge is -2.56. The standard InChI is InChI=1S/C42H47N3O4S/c1-27-37(26-50-38-10-2-3-15-43-38)48-40(49-39(27)33-13-11-28(25-46)12-14-33)36-9-5-8-35(20-36)34-7-4-6-29(19-34)24-44-41(47)45-42-21-30-16-31(22-42)18-32(17-30)23-42/h2-15,19-20,27,30-32,37,39-40,46H,16-18,21-26H2,1H3,(H2,44,45,47)/t27-,30?,31?,32?,37+,39+,40+,42?/m1/s1. The van der Waals surface area contributed by atoms with Crippen LogP contribution in [0.3, 0.4) is 0 Å². The highest BCUT2D eigenvalue weighted by atomic mass is 32.2. The van der Waals surface area contributed by atoms with Crippen LogP contribution in [0.15, 0.2) is 102 Å². The zero-order chi connectivity index (χ0) is 34.1. The van der Waals surface area contributed by atoms with E-state index in [0.717, 1.165) is 81.2 Å². The summed E-state index contributed by atoms with van der Waals surface area (Å²) in [6, 6.07) is 30.7. The summed E-state index contributed by atoms with van der Waals surface area (Å²) in [6.45, 7) is 2.67. The normalized spacial score (nSPS) is 29.8. The Hall–Kier alpha value is -3.69. The van der Waals surface area contributed by atoms with Crippen molar-refractivity contribution in [1.82, 2.24) is 15.6 Å². The molecule has 5 aliphatic rings. The van der Waals surface area contributed by atoms with Gasteiger partial charge in [0.1, 0.15) is 0 Å². The lowest BCUT2D eigenvalue weighted by Crippen LogP contribution is -2.61. The van der Waals surface area contributed by atoms with Gasteiger partial charge in [-0.3, -0.25) is 0 Å². The molecular weight excluding hydrogens is 643 g/mol. The number of aliphatic hydroxyl groups excluding tert-OH is 1. The summed E-state index contributed by atoms with van der Waals surface area (Å²) in [5.41, 5.74) is 6.11. The number of benzene rings is 3. The summed E-state index contributed by atoms with van der Waals surface area (Å²) >= 11 is 1.70. The van der Waals surface area contributed by atoms with Gasteiger partial charge in [-0.05, 0) is 108 Å². The molecule has 4 aromatic rings. The molecule has 9 rings (SSSR count). The number of carbonyl (C=O) groups is 1. The van der Waals surface area contributed by atoms with E-state index in [1.165, 1.54) is 19.3 Å². The van der Waals surface area contributed by atoms with Gasteiger partial charge in [-0.25, -0.2) is 9.78 Å². The predicted octanol–water partition coefficient (Wildman–Crippen LogP) is 8.59. The van der Waals surface area contributed by atoms with E-state index < -0.39 is 6.29 Å². The molecule has 0 radical (unpaired) electrons. The van der Waals surface area contributed by atoms with Crippen LogP contribution in [0.2, 0.25) is 0 Å². The van der Waals surface area contributed by atoms with E-state index in [2.05, 4.69) is 83.2 Å². The number of pyridine rings is 1. The molecule has 50 heavy (non-hydrogen) atoms. The molecule has 4 saturated carbocycles. The zero-order valence-corrected chi connectivity index (χ0v) is 29.5. The van der Waals surface area contributed by atoms with Crippen molar-refractivity contribution in [3.63, 3.8) is 0 Å². The third-order valence-electron chi connectivity index (χ3n) is 11.4. The first-order chi connectivity index (χ1) is 24.4. The third-order valence-corrected chi connectivity index (χ3v) is 12.5. The number of nitrogens with zero attached hydrogens (tertiary/aromatic N) is 1. The van der Waals surface area contributed by atoms with E-state index in [0.29, 0.717) is 6.54 Å². The number of nitrogens with one attached hydrogen (secondary N) is 2. The van der Waals surface area contributed by atoms with Crippen LogP contribution in [0.1, 0.15) is 80.1 Å². The topological polar surface area (TPSA) is 92.7 Å². The molecule has 260 valence electrons. The number of aromatic nitrogens is 1. The maximum atomic E-state index is 13.1. The predicted molar refractivity (Wildman–Crippen MR) is 196 cm³/mol. The van der Waals surface area contributed by atoms with Crippen LogP contribution in [0, 0.1) is 23.7 Å². The number of rotatable bonds is 10. The maximum Gasteiger partial charge on any atom is 0.315 e. The number of aliphatic hydroxyl groups is 1. The number of carbonyl (C=O) groups excluding carboxylic acids is 1.